The highest BCUT2D eigenvalue weighted by Gasteiger charge is 2.09. The summed E-state index contributed by atoms with van der Waals surface area (Å²) >= 11 is 0. The second kappa shape index (κ2) is 5.36. The van der Waals surface area contributed by atoms with Gasteiger partial charge in [0.25, 0.3) is 0 Å². The van der Waals surface area contributed by atoms with Crippen LogP contribution in [-0.2, 0) is 11.2 Å². The summed E-state index contributed by atoms with van der Waals surface area (Å²) in [5, 5.41) is 8.82. The minimum absolute atomic E-state index is 0.0495. The Hall–Kier alpha value is -1.55. The Kier molecular flexibility index (Phi) is 4.12. The van der Waals surface area contributed by atoms with E-state index in [1.54, 1.807) is 18.2 Å². The lowest BCUT2D eigenvalue weighted by molar-refractivity contribution is 0.0600. The van der Waals surface area contributed by atoms with E-state index >= 15 is 0 Å². The van der Waals surface area contributed by atoms with Gasteiger partial charge in [-0.15, -0.1) is 0 Å². The first-order chi connectivity index (χ1) is 7.22. The van der Waals surface area contributed by atoms with E-state index < -0.39 is 5.97 Å². The number of methoxy groups -OCH3 is 2. The molecule has 0 saturated heterocycles. The number of aliphatic hydroxyl groups is 1. The highest BCUT2D eigenvalue weighted by molar-refractivity contribution is 5.89. The van der Waals surface area contributed by atoms with E-state index in [4.69, 9.17) is 9.84 Å². The fraction of sp³-hybridized carbons (Fsp3) is 0.364. The fourth-order valence-corrected chi connectivity index (χ4v) is 1.32. The minimum Gasteiger partial charge on any atom is -0.496 e. The minimum atomic E-state index is -0.399. The quantitative estimate of drug-likeness (QED) is 0.754. The Bertz CT molecular complexity index is 346. The summed E-state index contributed by atoms with van der Waals surface area (Å²) in [5.41, 5.74) is 1.31. The standard InChI is InChI=1S/C11H14O4/c1-14-10-7-9(11(13)15-2)4-3-8(10)5-6-12/h3-4,7,12H,5-6H2,1-2H3. The maximum Gasteiger partial charge on any atom is 0.337 e. The molecule has 0 radical (unpaired) electrons. The van der Waals surface area contributed by atoms with Crippen molar-refractivity contribution in [3.8, 4) is 5.75 Å². The Morgan fingerprint density at radius 1 is 1.40 bits per heavy atom. The van der Waals surface area contributed by atoms with Crippen molar-refractivity contribution in [1.82, 2.24) is 0 Å². The second-order valence-electron chi connectivity index (χ2n) is 2.99. The number of aliphatic hydroxyl groups excluding tert-OH is 1. The second-order valence-corrected chi connectivity index (χ2v) is 2.99. The highest BCUT2D eigenvalue weighted by atomic mass is 16.5. The van der Waals surface area contributed by atoms with Gasteiger partial charge in [-0.2, -0.15) is 0 Å². The van der Waals surface area contributed by atoms with Crippen LogP contribution in [-0.4, -0.2) is 31.9 Å². The smallest absolute Gasteiger partial charge is 0.337 e. The number of rotatable bonds is 4. The molecule has 0 aliphatic carbocycles. The van der Waals surface area contributed by atoms with Crippen molar-refractivity contribution in [2.24, 2.45) is 0 Å². The first-order valence-electron chi connectivity index (χ1n) is 4.59. The maximum atomic E-state index is 11.2. The molecule has 0 atom stereocenters. The summed E-state index contributed by atoms with van der Waals surface area (Å²) in [4.78, 5) is 11.2. The van der Waals surface area contributed by atoms with Crippen molar-refractivity contribution < 1.29 is 19.4 Å². The lowest BCUT2D eigenvalue weighted by atomic mass is 10.1. The maximum absolute atomic E-state index is 11.2. The van der Waals surface area contributed by atoms with Crippen molar-refractivity contribution in [2.75, 3.05) is 20.8 Å². The number of esters is 1. The summed E-state index contributed by atoms with van der Waals surface area (Å²) in [6, 6.07) is 5.01. The van der Waals surface area contributed by atoms with Crippen LogP contribution >= 0.6 is 0 Å². The van der Waals surface area contributed by atoms with E-state index in [-0.39, 0.29) is 6.61 Å². The zero-order valence-electron chi connectivity index (χ0n) is 8.82. The molecule has 4 nitrogen and oxygen atoms in total. The lowest BCUT2D eigenvalue weighted by Crippen LogP contribution is -2.03. The third-order valence-corrected chi connectivity index (χ3v) is 2.09. The Morgan fingerprint density at radius 3 is 2.67 bits per heavy atom. The van der Waals surface area contributed by atoms with Crippen molar-refractivity contribution >= 4 is 5.97 Å². The number of ether oxygens (including phenoxy) is 2. The van der Waals surface area contributed by atoms with Gasteiger partial charge >= 0.3 is 5.97 Å². The third-order valence-electron chi connectivity index (χ3n) is 2.09. The zero-order chi connectivity index (χ0) is 11.3. The molecule has 0 spiro atoms. The molecule has 1 aromatic rings. The Balaban J connectivity index is 3.01. The van der Waals surface area contributed by atoms with Gasteiger partial charge in [0.1, 0.15) is 5.75 Å². The molecule has 1 N–H and O–H groups in total. The highest BCUT2D eigenvalue weighted by Crippen LogP contribution is 2.21. The number of carbonyl (C=O) groups is 1. The third kappa shape index (κ3) is 2.70. The monoisotopic (exact) mass is 210 g/mol. The molecular formula is C11H14O4. The number of carbonyl (C=O) groups excluding carboxylic acids is 1. The summed E-state index contributed by atoms with van der Waals surface area (Å²) in [6.07, 6.45) is 0.505. The van der Waals surface area contributed by atoms with E-state index in [2.05, 4.69) is 4.74 Å². The van der Waals surface area contributed by atoms with Crippen molar-refractivity contribution in [3.05, 3.63) is 29.3 Å². The number of hydrogen-bond acceptors (Lipinski definition) is 4. The molecule has 4 heteroatoms. The molecule has 1 aromatic carbocycles. The molecule has 0 aliphatic heterocycles. The Morgan fingerprint density at radius 2 is 2.13 bits per heavy atom. The SMILES string of the molecule is COC(=O)c1ccc(CCO)c(OC)c1. The molecule has 0 aliphatic rings. The van der Waals surface area contributed by atoms with Crippen molar-refractivity contribution in [1.29, 1.82) is 0 Å². The van der Waals surface area contributed by atoms with Crippen LogP contribution in [0.2, 0.25) is 0 Å². The average Bonchev–Trinajstić information content (AvgIpc) is 2.29. The van der Waals surface area contributed by atoms with Crippen LogP contribution < -0.4 is 4.74 Å². The average molecular weight is 210 g/mol. The topological polar surface area (TPSA) is 55.8 Å². The predicted molar refractivity (Wildman–Crippen MR) is 55.1 cm³/mol. The van der Waals surface area contributed by atoms with Crippen LogP contribution in [0.4, 0.5) is 0 Å². The van der Waals surface area contributed by atoms with Crippen LogP contribution in [0.25, 0.3) is 0 Å². The molecule has 0 amide bonds. The van der Waals surface area contributed by atoms with Gasteiger partial charge in [-0.05, 0) is 24.1 Å². The van der Waals surface area contributed by atoms with Crippen molar-refractivity contribution in [3.63, 3.8) is 0 Å². The normalized spacial score (nSPS) is 9.80. The van der Waals surface area contributed by atoms with E-state index in [1.807, 2.05) is 0 Å². The van der Waals surface area contributed by atoms with Gasteiger partial charge < -0.3 is 14.6 Å². The summed E-state index contributed by atoms with van der Waals surface area (Å²) < 4.78 is 9.71. The molecule has 0 aromatic heterocycles. The van der Waals surface area contributed by atoms with Gasteiger partial charge in [0.15, 0.2) is 0 Å². The molecular weight excluding hydrogens is 196 g/mol. The molecule has 15 heavy (non-hydrogen) atoms. The van der Waals surface area contributed by atoms with E-state index in [0.29, 0.717) is 17.7 Å². The summed E-state index contributed by atoms with van der Waals surface area (Å²) in [6.45, 7) is 0.0495. The predicted octanol–water partition coefficient (Wildman–Crippen LogP) is 1.02. The van der Waals surface area contributed by atoms with Crippen molar-refractivity contribution in [2.45, 2.75) is 6.42 Å². The van der Waals surface area contributed by atoms with Crippen LogP contribution in [0.1, 0.15) is 15.9 Å². The van der Waals surface area contributed by atoms with Crippen LogP contribution in [0, 0.1) is 0 Å². The van der Waals surface area contributed by atoms with Gasteiger partial charge in [0.05, 0.1) is 19.8 Å². The van der Waals surface area contributed by atoms with Crippen LogP contribution in [0.15, 0.2) is 18.2 Å². The van der Waals surface area contributed by atoms with Crippen LogP contribution in [0.5, 0.6) is 5.75 Å². The Labute approximate surface area is 88.4 Å². The number of benzene rings is 1. The van der Waals surface area contributed by atoms with Crippen LogP contribution in [0.3, 0.4) is 0 Å². The molecule has 1 rings (SSSR count). The van der Waals surface area contributed by atoms with Gasteiger partial charge in [0.2, 0.25) is 0 Å². The molecule has 0 fully saturated rings. The zero-order valence-corrected chi connectivity index (χ0v) is 8.82. The van der Waals surface area contributed by atoms with E-state index in [9.17, 15) is 4.79 Å². The van der Waals surface area contributed by atoms with Gasteiger partial charge in [-0.3, -0.25) is 0 Å². The molecule has 0 saturated carbocycles. The van der Waals surface area contributed by atoms with Gasteiger partial charge in [0, 0.05) is 6.61 Å². The lowest BCUT2D eigenvalue weighted by Gasteiger charge is -2.08. The molecule has 0 heterocycles. The fourth-order valence-electron chi connectivity index (χ4n) is 1.32. The van der Waals surface area contributed by atoms with Gasteiger partial charge in [-0.1, -0.05) is 6.07 Å². The molecule has 82 valence electrons. The summed E-state index contributed by atoms with van der Waals surface area (Å²) in [7, 11) is 2.85. The first-order valence-corrected chi connectivity index (χ1v) is 4.59. The number of hydrogen-bond donors (Lipinski definition) is 1. The molecule has 0 unspecified atom stereocenters. The van der Waals surface area contributed by atoms with E-state index in [0.717, 1.165) is 5.56 Å². The van der Waals surface area contributed by atoms with Gasteiger partial charge in [-0.25, -0.2) is 4.79 Å². The largest absolute Gasteiger partial charge is 0.496 e. The molecule has 0 bridgehead atoms. The van der Waals surface area contributed by atoms with E-state index in [1.165, 1.54) is 14.2 Å². The summed E-state index contributed by atoms with van der Waals surface area (Å²) in [5.74, 6) is 0.191. The first kappa shape index (κ1) is 11.5.